The SMILES string of the molecule is CC(C)[C@@H]1CCc2cc(Cl)cnc21. The fourth-order valence-electron chi connectivity index (χ4n) is 2.12. The van der Waals surface area contributed by atoms with Gasteiger partial charge in [0.05, 0.1) is 5.02 Å². The summed E-state index contributed by atoms with van der Waals surface area (Å²) in [5.41, 5.74) is 2.63. The van der Waals surface area contributed by atoms with Crippen LogP contribution < -0.4 is 0 Å². The molecule has 0 aliphatic heterocycles. The molecule has 1 aliphatic carbocycles. The highest BCUT2D eigenvalue weighted by Gasteiger charge is 2.26. The summed E-state index contributed by atoms with van der Waals surface area (Å²) >= 11 is 5.89. The number of halogens is 1. The second kappa shape index (κ2) is 3.30. The van der Waals surface area contributed by atoms with E-state index in [1.165, 1.54) is 17.7 Å². The van der Waals surface area contributed by atoms with Crippen molar-refractivity contribution in [2.45, 2.75) is 32.6 Å². The van der Waals surface area contributed by atoms with Crippen molar-refractivity contribution in [1.82, 2.24) is 4.98 Å². The number of fused-ring (bicyclic) bond motifs is 1. The first-order valence-electron chi connectivity index (χ1n) is 4.83. The van der Waals surface area contributed by atoms with Crippen LogP contribution in [0.25, 0.3) is 0 Å². The molecule has 0 N–H and O–H groups in total. The van der Waals surface area contributed by atoms with Gasteiger partial charge in [-0.25, -0.2) is 0 Å². The average Bonchev–Trinajstić information content (AvgIpc) is 2.46. The number of hydrogen-bond acceptors (Lipinski definition) is 1. The number of pyridine rings is 1. The van der Waals surface area contributed by atoms with Crippen LogP contribution in [0.4, 0.5) is 0 Å². The van der Waals surface area contributed by atoms with Gasteiger partial charge in [0.2, 0.25) is 0 Å². The summed E-state index contributed by atoms with van der Waals surface area (Å²) in [4.78, 5) is 4.43. The van der Waals surface area contributed by atoms with Crippen molar-refractivity contribution in [2.75, 3.05) is 0 Å². The number of hydrogen-bond donors (Lipinski definition) is 0. The standard InChI is InChI=1S/C11H14ClN/c1-7(2)10-4-3-8-5-9(12)6-13-11(8)10/h5-7,10H,3-4H2,1-2H3/t10-/m0/s1. The second-order valence-electron chi connectivity index (χ2n) is 4.09. The van der Waals surface area contributed by atoms with Crippen LogP contribution in [-0.4, -0.2) is 4.98 Å². The minimum atomic E-state index is 0.646. The van der Waals surface area contributed by atoms with Crippen molar-refractivity contribution >= 4 is 11.6 Å². The summed E-state index contributed by atoms with van der Waals surface area (Å²) in [6, 6.07) is 2.06. The van der Waals surface area contributed by atoms with E-state index in [0.29, 0.717) is 11.8 Å². The molecule has 1 atom stereocenters. The molecule has 0 fully saturated rings. The number of rotatable bonds is 1. The quantitative estimate of drug-likeness (QED) is 0.669. The van der Waals surface area contributed by atoms with E-state index in [1.807, 2.05) is 0 Å². The Balaban J connectivity index is 2.38. The minimum Gasteiger partial charge on any atom is -0.259 e. The molecule has 1 nitrogen and oxygen atoms in total. The highest BCUT2D eigenvalue weighted by Crippen LogP contribution is 2.37. The second-order valence-corrected chi connectivity index (χ2v) is 4.52. The highest BCUT2D eigenvalue weighted by atomic mass is 35.5. The first kappa shape index (κ1) is 9.01. The smallest absolute Gasteiger partial charge is 0.0592 e. The Morgan fingerprint density at radius 2 is 2.31 bits per heavy atom. The Morgan fingerprint density at radius 1 is 1.54 bits per heavy atom. The zero-order valence-corrected chi connectivity index (χ0v) is 8.80. The van der Waals surface area contributed by atoms with Crippen molar-refractivity contribution in [1.29, 1.82) is 0 Å². The zero-order chi connectivity index (χ0) is 9.42. The van der Waals surface area contributed by atoms with Crippen molar-refractivity contribution < 1.29 is 0 Å². The third-order valence-corrected chi connectivity index (χ3v) is 3.06. The van der Waals surface area contributed by atoms with E-state index in [0.717, 1.165) is 11.4 Å². The molecule has 0 aromatic carbocycles. The first-order chi connectivity index (χ1) is 6.18. The summed E-state index contributed by atoms with van der Waals surface area (Å²) < 4.78 is 0. The van der Waals surface area contributed by atoms with E-state index in [2.05, 4.69) is 24.9 Å². The van der Waals surface area contributed by atoms with Crippen molar-refractivity contribution in [2.24, 2.45) is 5.92 Å². The van der Waals surface area contributed by atoms with Gasteiger partial charge in [-0.3, -0.25) is 4.98 Å². The van der Waals surface area contributed by atoms with Crippen LogP contribution in [0.5, 0.6) is 0 Å². The normalized spacial score (nSPS) is 20.8. The fraction of sp³-hybridized carbons (Fsp3) is 0.545. The highest BCUT2D eigenvalue weighted by molar-refractivity contribution is 6.30. The predicted octanol–water partition coefficient (Wildman–Crippen LogP) is 3.42. The van der Waals surface area contributed by atoms with Gasteiger partial charge >= 0.3 is 0 Å². The van der Waals surface area contributed by atoms with E-state index in [1.54, 1.807) is 6.20 Å². The molecular weight excluding hydrogens is 182 g/mol. The van der Waals surface area contributed by atoms with Gasteiger partial charge in [0.15, 0.2) is 0 Å². The lowest BCUT2D eigenvalue weighted by Gasteiger charge is -2.14. The van der Waals surface area contributed by atoms with Gasteiger partial charge in [-0.15, -0.1) is 0 Å². The maximum absolute atomic E-state index is 5.89. The molecule has 0 bridgehead atoms. The van der Waals surface area contributed by atoms with E-state index in [-0.39, 0.29) is 0 Å². The molecule has 2 heteroatoms. The van der Waals surface area contributed by atoms with Crippen LogP contribution in [0, 0.1) is 5.92 Å². The van der Waals surface area contributed by atoms with E-state index in [4.69, 9.17) is 11.6 Å². The Kier molecular flexibility index (Phi) is 2.29. The molecule has 0 unspecified atom stereocenters. The summed E-state index contributed by atoms with van der Waals surface area (Å²) in [6.45, 7) is 4.52. The Morgan fingerprint density at radius 3 is 3.00 bits per heavy atom. The van der Waals surface area contributed by atoms with Gasteiger partial charge < -0.3 is 0 Å². The number of nitrogens with zero attached hydrogens (tertiary/aromatic N) is 1. The van der Waals surface area contributed by atoms with Crippen LogP contribution in [0.3, 0.4) is 0 Å². The molecule has 0 amide bonds. The van der Waals surface area contributed by atoms with Gasteiger partial charge in [0, 0.05) is 17.8 Å². The Labute approximate surface area is 84.1 Å². The van der Waals surface area contributed by atoms with Crippen LogP contribution in [0.1, 0.15) is 37.4 Å². The number of aryl methyl sites for hydroxylation is 1. The lowest BCUT2D eigenvalue weighted by atomic mass is 9.93. The third kappa shape index (κ3) is 1.58. The molecule has 0 spiro atoms. The Bertz CT molecular complexity index is 320. The molecule has 0 saturated heterocycles. The summed E-state index contributed by atoms with van der Waals surface area (Å²) in [5, 5.41) is 0.767. The van der Waals surface area contributed by atoms with Crippen molar-refractivity contribution in [3.05, 3.63) is 28.5 Å². The molecule has 1 aliphatic rings. The van der Waals surface area contributed by atoms with Gasteiger partial charge in [-0.05, 0) is 30.4 Å². The molecule has 70 valence electrons. The monoisotopic (exact) mass is 195 g/mol. The topological polar surface area (TPSA) is 12.9 Å². The first-order valence-corrected chi connectivity index (χ1v) is 5.20. The summed E-state index contributed by atoms with van der Waals surface area (Å²) in [6.07, 6.45) is 4.15. The van der Waals surface area contributed by atoms with E-state index >= 15 is 0 Å². The van der Waals surface area contributed by atoms with Crippen LogP contribution in [0.15, 0.2) is 12.3 Å². The third-order valence-electron chi connectivity index (χ3n) is 2.85. The molecule has 1 aromatic heterocycles. The van der Waals surface area contributed by atoms with Crippen molar-refractivity contribution in [3.63, 3.8) is 0 Å². The Hall–Kier alpha value is -0.560. The molecule has 0 radical (unpaired) electrons. The van der Waals surface area contributed by atoms with Gasteiger partial charge in [0.25, 0.3) is 0 Å². The fourth-order valence-corrected chi connectivity index (χ4v) is 2.30. The van der Waals surface area contributed by atoms with Gasteiger partial charge in [-0.2, -0.15) is 0 Å². The van der Waals surface area contributed by atoms with Crippen LogP contribution in [-0.2, 0) is 6.42 Å². The molecule has 2 rings (SSSR count). The van der Waals surface area contributed by atoms with Crippen molar-refractivity contribution in [3.8, 4) is 0 Å². The van der Waals surface area contributed by atoms with Crippen LogP contribution in [0.2, 0.25) is 5.02 Å². The summed E-state index contributed by atoms with van der Waals surface area (Å²) in [7, 11) is 0. The van der Waals surface area contributed by atoms with Crippen LogP contribution >= 0.6 is 11.6 Å². The lowest BCUT2D eigenvalue weighted by Crippen LogP contribution is -2.03. The molecule has 1 aromatic rings. The molecule has 0 saturated carbocycles. The van der Waals surface area contributed by atoms with Gasteiger partial charge in [0.1, 0.15) is 0 Å². The van der Waals surface area contributed by atoms with E-state index in [9.17, 15) is 0 Å². The van der Waals surface area contributed by atoms with Gasteiger partial charge in [-0.1, -0.05) is 25.4 Å². The van der Waals surface area contributed by atoms with E-state index < -0.39 is 0 Å². The largest absolute Gasteiger partial charge is 0.259 e. The summed E-state index contributed by atoms with van der Waals surface area (Å²) in [5.74, 6) is 1.34. The molecule has 13 heavy (non-hydrogen) atoms. The zero-order valence-electron chi connectivity index (χ0n) is 8.05. The lowest BCUT2D eigenvalue weighted by molar-refractivity contribution is 0.487. The maximum atomic E-state index is 5.89. The average molecular weight is 196 g/mol. The molecular formula is C11H14ClN. The number of aromatic nitrogens is 1. The maximum Gasteiger partial charge on any atom is 0.0592 e. The predicted molar refractivity (Wildman–Crippen MR) is 55.1 cm³/mol. The minimum absolute atomic E-state index is 0.646. The molecule has 1 heterocycles.